The van der Waals surface area contributed by atoms with Crippen molar-refractivity contribution in [1.29, 1.82) is 0 Å². The molecular formula is C21H22N2O3S2. The number of sulfonamides is 1. The molecule has 0 saturated carbocycles. The van der Waals surface area contributed by atoms with Gasteiger partial charge in [0.25, 0.3) is 10.0 Å². The minimum absolute atomic E-state index is 0.0842. The standard InChI is InChI=1S/C21H22N2O3S2/c24-21(22-14-17-8-3-7-16-6-1-2-10-19(16)17)18-9-4-12-23(15-18)28(25,26)20-11-5-13-27-20/h1-3,5-8,10-11,13,18H,4,9,12,14-15H2,(H,22,24)/t18-/m1/s1. The van der Waals surface area contributed by atoms with Crippen LogP contribution in [0.3, 0.4) is 0 Å². The maximum atomic E-state index is 12.7. The van der Waals surface area contributed by atoms with Crippen LogP contribution in [0.4, 0.5) is 0 Å². The predicted octanol–water partition coefficient (Wildman–Crippen LogP) is 3.62. The van der Waals surface area contributed by atoms with E-state index in [1.54, 1.807) is 17.5 Å². The summed E-state index contributed by atoms with van der Waals surface area (Å²) in [5.41, 5.74) is 1.06. The first kappa shape index (κ1) is 19.1. The molecule has 7 heteroatoms. The number of rotatable bonds is 5. The van der Waals surface area contributed by atoms with E-state index in [-0.39, 0.29) is 18.4 Å². The number of hydrogen-bond acceptors (Lipinski definition) is 4. The summed E-state index contributed by atoms with van der Waals surface area (Å²) in [6.45, 7) is 1.14. The summed E-state index contributed by atoms with van der Waals surface area (Å²) in [6, 6.07) is 17.5. The quantitative estimate of drug-likeness (QED) is 0.693. The van der Waals surface area contributed by atoms with E-state index < -0.39 is 10.0 Å². The van der Waals surface area contributed by atoms with Crippen molar-refractivity contribution < 1.29 is 13.2 Å². The lowest BCUT2D eigenvalue weighted by Crippen LogP contribution is -2.45. The highest BCUT2D eigenvalue weighted by Crippen LogP contribution is 2.26. The lowest BCUT2D eigenvalue weighted by molar-refractivity contribution is -0.126. The second kappa shape index (κ2) is 8.03. The summed E-state index contributed by atoms with van der Waals surface area (Å²) in [5.74, 6) is -0.405. The first-order chi connectivity index (χ1) is 13.6. The summed E-state index contributed by atoms with van der Waals surface area (Å²) < 4.78 is 27.3. The van der Waals surface area contributed by atoms with E-state index in [2.05, 4.69) is 17.4 Å². The number of carbonyl (C=O) groups is 1. The lowest BCUT2D eigenvalue weighted by Gasteiger charge is -2.30. The Morgan fingerprint density at radius 1 is 1.11 bits per heavy atom. The number of nitrogens with zero attached hydrogens (tertiary/aromatic N) is 1. The molecule has 1 fully saturated rings. The van der Waals surface area contributed by atoms with Gasteiger partial charge in [-0.1, -0.05) is 48.5 Å². The van der Waals surface area contributed by atoms with Gasteiger partial charge in [0, 0.05) is 19.6 Å². The fourth-order valence-corrected chi connectivity index (χ4v) is 6.35. The number of piperidine rings is 1. The third-order valence-corrected chi connectivity index (χ3v) is 8.42. The van der Waals surface area contributed by atoms with Crippen molar-refractivity contribution in [3.8, 4) is 0 Å². The van der Waals surface area contributed by atoms with Crippen LogP contribution in [0.5, 0.6) is 0 Å². The second-order valence-corrected chi connectivity index (χ2v) is 10.1. The molecule has 0 radical (unpaired) electrons. The Kier molecular flexibility index (Phi) is 5.48. The highest BCUT2D eigenvalue weighted by Gasteiger charge is 2.33. The van der Waals surface area contributed by atoms with Gasteiger partial charge in [-0.05, 0) is 40.6 Å². The van der Waals surface area contributed by atoms with Crippen molar-refractivity contribution in [2.24, 2.45) is 5.92 Å². The monoisotopic (exact) mass is 414 g/mol. The Labute approximate surface area is 169 Å². The Hall–Kier alpha value is -2.22. The van der Waals surface area contributed by atoms with Gasteiger partial charge in [-0.3, -0.25) is 4.79 Å². The van der Waals surface area contributed by atoms with Crippen molar-refractivity contribution in [2.45, 2.75) is 23.6 Å². The SMILES string of the molecule is O=C(NCc1cccc2ccccc12)[C@@H]1CCCN(S(=O)(=O)c2cccs2)C1. The topological polar surface area (TPSA) is 66.5 Å². The van der Waals surface area contributed by atoms with Crippen LogP contribution in [-0.4, -0.2) is 31.7 Å². The van der Waals surface area contributed by atoms with Gasteiger partial charge in [-0.25, -0.2) is 8.42 Å². The highest BCUT2D eigenvalue weighted by atomic mass is 32.2. The molecule has 3 aromatic rings. The first-order valence-electron chi connectivity index (χ1n) is 9.34. The zero-order chi connectivity index (χ0) is 19.6. The van der Waals surface area contributed by atoms with Crippen LogP contribution in [0.1, 0.15) is 18.4 Å². The number of carbonyl (C=O) groups excluding carboxylic acids is 1. The van der Waals surface area contributed by atoms with Crippen LogP contribution in [0, 0.1) is 5.92 Å². The number of nitrogens with one attached hydrogen (secondary N) is 1. The van der Waals surface area contributed by atoms with Gasteiger partial charge in [0.2, 0.25) is 5.91 Å². The van der Waals surface area contributed by atoms with E-state index in [0.29, 0.717) is 30.1 Å². The molecule has 5 nitrogen and oxygen atoms in total. The van der Waals surface area contributed by atoms with E-state index in [1.807, 2.05) is 30.3 Å². The van der Waals surface area contributed by atoms with E-state index in [9.17, 15) is 13.2 Å². The fraction of sp³-hybridized carbons (Fsp3) is 0.286. The molecule has 1 atom stereocenters. The van der Waals surface area contributed by atoms with Crippen LogP contribution in [0.2, 0.25) is 0 Å². The molecule has 1 amide bonds. The number of amides is 1. The molecule has 1 N–H and O–H groups in total. The normalized spacial score (nSPS) is 18.2. The summed E-state index contributed by atoms with van der Waals surface area (Å²) in [6.07, 6.45) is 1.40. The van der Waals surface area contributed by atoms with Crippen molar-refractivity contribution in [1.82, 2.24) is 9.62 Å². The van der Waals surface area contributed by atoms with Crippen LogP contribution in [0.25, 0.3) is 10.8 Å². The molecule has 1 saturated heterocycles. The molecule has 2 aromatic carbocycles. The van der Waals surface area contributed by atoms with E-state index in [4.69, 9.17) is 0 Å². The maximum absolute atomic E-state index is 12.7. The zero-order valence-electron chi connectivity index (χ0n) is 15.4. The molecule has 1 aliphatic rings. The van der Waals surface area contributed by atoms with E-state index in [1.165, 1.54) is 15.6 Å². The highest BCUT2D eigenvalue weighted by molar-refractivity contribution is 7.91. The molecule has 0 unspecified atom stereocenters. The Balaban J connectivity index is 1.43. The molecule has 0 spiro atoms. The van der Waals surface area contributed by atoms with Gasteiger partial charge in [0.05, 0.1) is 5.92 Å². The molecular weight excluding hydrogens is 392 g/mol. The minimum atomic E-state index is -3.51. The number of fused-ring (bicyclic) bond motifs is 1. The van der Waals surface area contributed by atoms with Crippen molar-refractivity contribution >= 4 is 38.0 Å². The largest absolute Gasteiger partial charge is 0.352 e. The number of benzene rings is 2. The summed E-state index contributed by atoms with van der Waals surface area (Å²) in [5, 5.41) is 7.03. The number of thiophene rings is 1. The van der Waals surface area contributed by atoms with Crippen LogP contribution < -0.4 is 5.32 Å². The predicted molar refractivity (Wildman–Crippen MR) is 112 cm³/mol. The lowest BCUT2D eigenvalue weighted by atomic mass is 9.98. The van der Waals surface area contributed by atoms with Gasteiger partial charge < -0.3 is 5.32 Å². The van der Waals surface area contributed by atoms with Crippen molar-refractivity contribution in [3.05, 3.63) is 65.5 Å². The maximum Gasteiger partial charge on any atom is 0.252 e. The Morgan fingerprint density at radius 3 is 2.75 bits per heavy atom. The average molecular weight is 415 g/mol. The summed E-state index contributed by atoms with van der Waals surface area (Å²) in [7, 11) is -3.51. The third kappa shape index (κ3) is 3.83. The van der Waals surface area contributed by atoms with Crippen molar-refractivity contribution in [2.75, 3.05) is 13.1 Å². The Morgan fingerprint density at radius 2 is 1.93 bits per heavy atom. The van der Waals surface area contributed by atoms with Gasteiger partial charge in [0.1, 0.15) is 4.21 Å². The smallest absolute Gasteiger partial charge is 0.252 e. The molecule has 1 aromatic heterocycles. The molecule has 28 heavy (non-hydrogen) atoms. The molecule has 146 valence electrons. The third-order valence-electron chi connectivity index (χ3n) is 5.18. The number of hydrogen-bond donors (Lipinski definition) is 1. The Bertz CT molecular complexity index is 1070. The second-order valence-electron chi connectivity index (χ2n) is 6.99. The zero-order valence-corrected chi connectivity index (χ0v) is 17.0. The van der Waals surface area contributed by atoms with Crippen LogP contribution >= 0.6 is 11.3 Å². The fourth-order valence-electron chi connectivity index (χ4n) is 3.69. The molecule has 4 rings (SSSR count). The van der Waals surface area contributed by atoms with Crippen LogP contribution in [0.15, 0.2) is 64.2 Å². The molecule has 1 aliphatic heterocycles. The van der Waals surface area contributed by atoms with Gasteiger partial charge in [-0.15, -0.1) is 11.3 Å². The van der Waals surface area contributed by atoms with Gasteiger partial charge >= 0.3 is 0 Å². The molecule has 0 bridgehead atoms. The van der Waals surface area contributed by atoms with Gasteiger partial charge in [-0.2, -0.15) is 4.31 Å². The van der Waals surface area contributed by atoms with Crippen molar-refractivity contribution in [3.63, 3.8) is 0 Å². The summed E-state index contributed by atoms with van der Waals surface area (Å²) in [4.78, 5) is 12.7. The molecule has 0 aliphatic carbocycles. The average Bonchev–Trinajstić information content (AvgIpc) is 3.28. The summed E-state index contributed by atoms with van der Waals surface area (Å²) >= 11 is 1.21. The van der Waals surface area contributed by atoms with Crippen LogP contribution in [-0.2, 0) is 21.4 Å². The van der Waals surface area contributed by atoms with E-state index >= 15 is 0 Å². The van der Waals surface area contributed by atoms with Gasteiger partial charge in [0.15, 0.2) is 0 Å². The van der Waals surface area contributed by atoms with E-state index in [0.717, 1.165) is 16.3 Å². The molecule has 2 heterocycles. The first-order valence-corrected chi connectivity index (χ1v) is 11.7. The minimum Gasteiger partial charge on any atom is -0.352 e.